The quantitative estimate of drug-likeness (QED) is 0.244. The molecule has 0 amide bonds. The van der Waals surface area contributed by atoms with E-state index in [2.05, 4.69) is 5.32 Å². The van der Waals surface area contributed by atoms with Crippen LogP contribution in [-0.2, 0) is 29.4 Å². The van der Waals surface area contributed by atoms with Gasteiger partial charge in [-0.3, -0.25) is 0 Å². The van der Waals surface area contributed by atoms with Crippen LogP contribution in [-0.4, -0.2) is 12.6 Å². The van der Waals surface area contributed by atoms with Gasteiger partial charge < -0.3 is 10.1 Å². The molecular formula is C27H19F12NOP-. The minimum Gasteiger partial charge on any atom is -0.648 e. The highest BCUT2D eigenvalue weighted by atomic mass is 31.1. The Morgan fingerprint density at radius 1 is 0.690 bits per heavy atom. The van der Waals surface area contributed by atoms with Crippen molar-refractivity contribution in [1.29, 1.82) is 0 Å². The van der Waals surface area contributed by atoms with Crippen molar-refractivity contribution in [1.82, 2.24) is 0 Å². The maximum Gasteiger partial charge on any atom is 0.416 e. The van der Waals surface area contributed by atoms with Gasteiger partial charge in [0.2, 0.25) is 0 Å². The van der Waals surface area contributed by atoms with E-state index in [1.165, 1.54) is 18.2 Å². The predicted octanol–water partition coefficient (Wildman–Crippen LogP) is 9.29. The van der Waals surface area contributed by atoms with Crippen molar-refractivity contribution < 1.29 is 57.4 Å². The van der Waals surface area contributed by atoms with E-state index in [0.717, 1.165) is 0 Å². The van der Waals surface area contributed by atoms with E-state index < -0.39 is 65.5 Å². The predicted molar refractivity (Wildman–Crippen MR) is 131 cm³/mol. The Hall–Kier alpha value is -3.15. The molecule has 1 saturated heterocycles. The van der Waals surface area contributed by atoms with E-state index in [1.54, 1.807) is 0 Å². The molecule has 0 unspecified atom stereocenters. The highest BCUT2D eigenvalue weighted by Crippen LogP contribution is 2.53. The molecular weight excluding hydrogens is 613 g/mol. The van der Waals surface area contributed by atoms with Crippen LogP contribution in [0.15, 0.2) is 71.4 Å². The standard InChI is InChI=1S/C27H19F12NOP/c1-13(2)21-12-41-23(40-21)20-4-3-5-22(20)42(18-8-14(24(28,29)30)6-15(9-18)25(31,32)33)19-10-16(26(34,35)36)7-17(11-19)27(37,38)39/h3-11,13,21H,12H2,1-2H3/q-1/t21-/m1/s1. The number of ether oxygens (including phenoxy) is 1. The number of benzene rings is 2. The summed E-state index contributed by atoms with van der Waals surface area (Å²) in [6, 6.07) is 0.490. The van der Waals surface area contributed by atoms with Crippen molar-refractivity contribution in [2.45, 2.75) is 44.6 Å². The molecule has 228 valence electrons. The first-order valence-electron chi connectivity index (χ1n) is 12.0. The molecule has 0 radical (unpaired) electrons. The van der Waals surface area contributed by atoms with Gasteiger partial charge in [0.1, 0.15) is 0 Å². The zero-order valence-corrected chi connectivity index (χ0v) is 22.3. The molecule has 0 spiro atoms. The van der Waals surface area contributed by atoms with Crippen molar-refractivity contribution in [2.75, 3.05) is 6.61 Å². The summed E-state index contributed by atoms with van der Waals surface area (Å²) >= 11 is 0. The smallest absolute Gasteiger partial charge is 0.416 e. The Labute approximate surface area is 232 Å². The first kappa shape index (κ1) is 31.8. The molecule has 2 aliphatic rings. The number of allylic oxidation sites excluding steroid dienone is 5. The molecule has 42 heavy (non-hydrogen) atoms. The molecule has 0 saturated carbocycles. The van der Waals surface area contributed by atoms with E-state index in [9.17, 15) is 52.7 Å². The van der Waals surface area contributed by atoms with Crippen LogP contribution in [0.3, 0.4) is 0 Å². The Morgan fingerprint density at radius 2 is 1.10 bits per heavy atom. The third-order valence-electron chi connectivity index (χ3n) is 6.37. The Bertz CT molecular complexity index is 1300. The van der Waals surface area contributed by atoms with E-state index in [1.807, 2.05) is 13.8 Å². The summed E-state index contributed by atoms with van der Waals surface area (Å²) in [4.78, 5) is 0. The molecule has 2 aromatic rings. The molecule has 2 nitrogen and oxygen atoms in total. The molecule has 1 fully saturated rings. The summed E-state index contributed by atoms with van der Waals surface area (Å²) in [5.74, 6) is -0.120. The number of halogens is 12. The lowest BCUT2D eigenvalue weighted by atomic mass is 10.1. The second kappa shape index (κ2) is 10.8. The molecule has 2 aromatic carbocycles. The molecule has 0 N–H and O–H groups in total. The van der Waals surface area contributed by atoms with Gasteiger partial charge in [-0.15, -0.1) is 0 Å². The van der Waals surface area contributed by atoms with Gasteiger partial charge in [-0.25, -0.2) is 0 Å². The summed E-state index contributed by atoms with van der Waals surface area (Å²) in [5.41, 5.74) is -7.06. The maximum absolute atomic E-state index is 13.7. The summed E-state index contributed by atoms with van der Waals surface area (Å²) < 4.78 is 170. The van der Waals surface area contributed by atoms with Gasteiger partial charge in [0, 0.05) is 11.5 Å². The number of alkyl halides is 12. The number of nitrogens with zero attached hydrogens (tertiary/aromatic N) is 1. The van der Waals surface area contributed by atoms with Gasteiger partial charge in [0.05, 0.1) is 28.9 Å². The molecule has 1 aliphatic carbocycles. The third kappa shape index (κ3) is 6.74. The lowest BCUT2D eigenvalue weighted by molar-refractivity contribution is -0.144. The van der Waals surface area contributed by atoms with Crippen molar-refractivity contribution in [3.63, 3.8) is 0 Å². The minimum atomic E-state index is -5.32. The zero-order valence-electron chi connectivity index (χ0n) is 21.4. The normalized spacial score (nSPS) is 19.9. The fourth-order valence-electron chi connectivity index (χ4n) is 4.23. The van der Waals surface area contributed by atoms with Crippen LogP contribution in [0.2, 0.25) is 0 Å². The number of rotatable bonds is 4. The minimum absolute atomic E-state index is 0.0289. The number of hydrogen-bond acceptors (Lipinski definition) is 1. The fraction of sp³-hybridized carbons (Fsp3) is 0.333. The second-order valence-electron chi connectivity index (χ2n) is 9.74. The fourth-order valence-corrected chi connectivity index (χ4v) is 6.80. The topological polar surface area (TPSA) is 23.3 Å². The van der Waals surface area contributed by atoms with E-state index in [-0.39, 0.29) is 47.5 Å². The average molecular weight is 632 g/mol. The largest absolute Gasteiger partial charge is 0.648 e. The third-order valence-corrected chi connectivity index (χ3v) is 8.79. The second-order valence-corrected chi connectivity index (χ2v) is 11.9. The highest BCUT2D eigenvalue weighted by Gasteiger charge is 2.41. The lowest BCUT2D eigenvalue weighted by Crippen LogP contribution is -2.22. The molecule has 15 heteroatoms. The highest BCUT2D eigenvalue weighted by molar-refractivity contribution is 7.77. The van der Waals surface area contributed by atoms with Gasteiger partial charge in [-0.1, -0.05) is 44.0 Å². The van der Waals surface area contributed by atoms with Crippen LogP contribution in [0.25, 0.3) is 5.32 Å². The molecule has 4 rings (SSSR count). The van der Waals surface area contributed by atoms with Gasteiger partial charge in [-0.05, 0) is 60.2 Å². The van der Waals surface area contributed by atoms with E-state index in [0.29, 0.717) is 24.3 Å². The van der Waals surface area contributed by atoms with Gasteiger partial charge in [0.15, 0.2) is 0 Å². The molecule has 0 aromatic heterocycles. The maximum atomic E-state index is 13.7. The van der Waals surface area contributed by atoms with Gasteiger partial charge >= 0.3 is 24.7 Å². The SMILES string of the molecule is CC(C)[C@H]1COC(=C2C=CC=C2P(c2cc(C(F)(F)F)cc(C(F)(F)F)c2)c2cc(C(F)(F)F)cc(C(F)(F)F)c2)[N-]1. The van der Waals surface area contributed by atoms with Crippen LogP contribution in [0.4, 0.5) is 52.7 Å². The summed E-state index contributed by atoms with van der Waals surface area (Å²) in [6.07, 6.45) is -17.4. The van der Waals surface area contributed by atoms with Crippen molar-refractivity contribution in [3.8, 4) is 0 Å². The van der Waals surface area contributed by atoms with Crippen LogP contribution in [0, 0.1) is 5.92 Å². The average Bonchev–Trinajstić information content (AvgIpc) is 3.52. The zero-order chi connectivity index (χ0) is 31.4. The van der Waals surface area contributed by atoms with Crippen molar-refractivity contribution >= 4 is 18.5 Å². The molecule has 1 heterocycles. The lowest BCUT2D eigenvalue weighted by Gasteiger charge is -2.29. The van der Waals surface area contributed by atoms with Gasteiger partial charge in [0.25, 0.3) is 0 Å². The van der Waals surface area contributed by atoms with Gasteiger partial charge in [-0.2, -0.15) is 52.7 Å². The monoisotopic (exact) mass is 632 g/mol. The van der Waals surface area contributed by atoms with Crippen LogP contribution in [0.5, 0.6) is 0 Å². The van der Waals surface area contributed by atoms with Crippen molar-refractivity contribution in [3.05, 3.63) is 99.0 Å². The summed E-state index contributed by atoms with van der Waals surface area (Å²) in [7, 11) is -2.89. The van der Waals surface area contributed by atoms with Crippen LogP contribution in [0.1, 0.15) is 36.1 Å². The number of hydrogen-bond donors (Lipinski definition) is 0. The van der Waals surface area contributed by atoms with E-state index in [4.69, 9.17) is 4.74 Å². The van der Waals surface area contributed by atoms with Crippen LogP contribution >= 0.6 is 7.92 Å². The molecule has 0 bridgehead atoms. The first-order valence-corrected chi connectivity index (χ1v) is 13.4. The molecule has 1 aliphatic heterocycles. The Kier molecular flexibility index (Phi) is 8.20. The summed E-state index contributed by atoms with van der Waals surface area (Å²) in [5, 5.41) is 2.70. The Morgan fingerprint density at radius 3 is 1.43 bits per heavy atom. The van der Waals surface area contributed by atoms with Crippen LogP contribution < -0.4 is 10.6 Å². The molecule has 1 atom stereocenters. The van der Waals surface area contributed by atoms with Crippen molar-refractivity contribution in [2.24, 2.45) is 5.92 Å². The van der Waals surface area contributed by atoms with E-state index >= 15 is 0 Å². The summed E-state index contributed by atoms with van der Waals surface area (Å²) in [6.45, 7) is 3.68. The first-order chi connectivity index (χ1) is 19.2. The Balaban J connectivity index is 2.04.